The van der Waals surface area contributed by atoms with Gasteiger partial charge < -0.3 is 9.47 Å². The van der Waals surface area contributed by atoms with Crippen LogP contribution in [-0.2, 0) is 14.3 Å². The lowest BCUT2D eigenvalue weighted by Crippen LogP contribution is -2.47. The number of rotatable bonds is 4. The van der Waals surface area contributed by atoms with Gasteiger partial charge in [0.25, 0.3) is 0 Å². The molecule has 0 spiro atoms. The maximum atomic E-state index is 12.6. The van der Waals surface area contributed by atoms with Crippen LogP contribution in [0, 0.1) is 5.92 Å². The van der Waals surface area contributed by atoms with Gasteiger partial charge in [0.1, 0.15) is 0 Å². The van der Waals surface area contributed by atoms with E-state index in [9.17, 15) is 13.6 Å². The molecule has 80 valence electrons. The summed E-state index contributed by atoms with van der Waals surface area (Å²) in [6.07, 6.45) is -2.49. The lowest BCUT2D eigenvalue weighted by Gasteiger charge is -2.36. The minimum Gasteiger partial charge on any atom is -0.460 e. The summed E-state index contributed by atoms with van der Waals surface area (Å²) in [7, 11) is 0. The molecule has 0 aromatic carbocycles. The Hall–Kier alpha value is -0.970. The second kappa shape index (κ2) is 4.04. The summed E-state index contributed by atoms with van der Waals surface area (Å²) >= 11 is 0. The molecule has 0 N–H and O–H groups in total. The van der Waals surface area contributed by atoms with Crippen molar-refractivity contribution in [3.05, 3.63) is 12.7 Å². The van der Waals surface area contributed by atoms with Crippen molar-refractivity contribution in [2.24, 2.45) is 5.92 Å². The van der Waals surface area contributed by atoms with E-state index in [0.29, 0.717) is 0 Å². The number of hydrogen-bond acceptors (Lipinski definition) is 3. The minimum absolute atomic E-state index is 0.0168. The molecule has 14 heavy (non-hydrogen) atoms. The molecule has 1 rings (SSSR count). The quantitative estimate of drug-likeness (QED) is 0.519. The number of alkyl halides is 2. The molecule has 0 aliphatic carbocycles. The van der Waals surface area contributed by atoms with Crippen LogP contribution in [0.3, 0.4) is 0 Å². The van der Waals surface area contributed by atoms with Crippen LogP contribution in [0.15, 0.2) is 12.7 Å². The predicted molar refractivity (Wildman–Crippen MR) is 44.8 cm³/mol. The predicted octanol–water partition coefficient (Wildman–Crippen LogP) is 1.73. The second-order valence-electron chi connectivity index (χ2n) is 3.26. The molecule has 0 radical (unpaired) electrons. The standard InChI is InChI=1S/C9H12F2O3/c1-3-8(12)14-6(2)4-7-5-13-9(7,10)11/h3,6-7H,1,4-5H2,2H3. The zero-order chi connectivity index (χ0) is 10.8. The Kier molecular flexibility index (Phi) is 3.21. The van der Waals surface area contributed by atoms with Crippen molar-refractivity contribution in [3.8, 4) is 0 Å². The van der Waals surface area contributed by atoms with Crippen LogP contribution in [-0.4, -0.2) is 24.8 Å². The SMILES string of the molecule is C=CC(=O)OC(C)CC1COC1(F)F. The van der Waals surface area contributed by atoms with Gasteiger partial charge in [-0.05, 0) is 13.3 Å². The summed E-state index contributed by atoms with van der Waals surface area (Å²) in [5.74, 6) is -1.45. The summed E-state index contributed by atoms with van der Waals surface area (Å²) in [6.45, 7) is 4.79. The van der Waals surface area contributed by atoms with E-state index in [2.05, 4.69) is 11.3 Å². The summed E-state index contributed by atoms with van der Waals surface area (Å²) in [6, 6.07) is 0. The first-order valence-electron chi connectivity index (χ1n) is 4.30. The van der Waals surface area contributed by atoms with E-state index < -0.39 is 24.1 Å². The lowest BCUT2D eigenvalue weighted by molar-refractivity contribution is -0.361. The first-order valence-corrected chi connectivity index (χ1v) is 4.30. The molecule has 5 heteroatoms. The Morgan fingerprint density at radius 1 is 1.86 bits per heavy atom. The molecule has 3 nitrogen and oxygen atoms in total. The topological polar surface area (TPSA) is 35.5 Å². The first kappa shape index (κ1) is 11.1. The summed E-state index contributed by atoms with van der Waals surface area (Å²) in [4.78, 5) is 10.7. The van der Waals surface area contributed by atoms with Crippen molar-refractivity contribution in [1.29, 1.82) is 0 Å². The van der Waals surface area contributed by atoms with E-state index >= 15 is 0 Å². The fourth-order valence-electron chi connectivity index (χ4n) is 1.23. The molecule has 2 atom stereocenters. The molecule has 1 aliphatic rings. The van der Waals surface area contributed by atoms with Gasteiger partial charge in [-0.1, -0.05) is 6.58 Å². The van der Waals surface area contributed by atoms with Crippen molar-refractivity contribution >= 4 is 5.97 Å². The van der Waals surface area contributed by atoms with Crippen LogP contribution in [0.2, 0.25) is 0 Å². The third-order valence-corrected chi connectivity index (χ3v) is 2.05. The Morgan fingerprint density at radius 2 is 2.50 bits per heavy atom. The monoisotopic (exact) mass is 206 g/mol. The smallest absolute Gasteiger partial charge is 0.360 e. The van der Waals surface area contributed by atoms with Crippen LogP contribution in [0.25, 0.3) is 0 Å². The first-order chi connectivity index (χ1) is 6.45. The number of esters is 1. The summed E-state index contributed by atoms with van der Waals surface area (Å²) in [5, 5.41) is 0. The van der Waals surface area contributed by atoms with Gasteiger partial charge in [0, 0.05) is 6.08 Å². The number of carbonyl (C=O) groups excluding carboxylic acids is 1. The highest BCUT2D eigenvalue weighted by atomic mass is 19.3. The second-order valence-corrected chi connectivity index (χ2v) is 3.26. The van der Waals surface area contributed by atoms with Gasteiger partial charge >= 0.3 is 12.1 Å². The third kappa shape index (κ3) is 2.51. The molecule has 0 aromatic rings. The van der Waals surface area contributed by atoms with Crippen molar-refractivity contribution in [1.82, 2.24) is 0 Å². The molecule has 0 bridgehead atoms. The molecule has 1 aliphatic heterocycles. The Labute approximate surface area is 80.7 Å². The van der Waals surface area contributed by atoms with Gasteiger partial charge in [-0.3, -0.25) is 0 Å². The van der Waals surface area contributed by atoms with Crippen molar-refractivity contribution in [2.45, 2.75) is 25.6 Å². The average Bonchev–Trinajstić information content (AvgIpc) is 2.12. The van der Waals surface area contributed by atoms with Crippen LogP contribution < -0.4 is 0 Å². The maximum Gasteiger partial charge on any atom is 0.360 e. The molecule has 1 saturated heterocycles. The van der Waals surface area contributed by atoms with Gasteiger partial charge in [0.05, 0.1) is 18.6 Å². The zero-order valence-corrected chi connectivity index (χ0v) is 7.83. The average molecular weight is 206 g/mol. The minimum atomic E-state index is -3.06. The van der Waals surface area contributed by atoms with Gasteiger partial charge in [-0.15, -0.1) is 0 Å². The van der Waals surface area contributed by atoms with E-state index in [-0.39, 0.29) is 13.0 Å². The molecular weight excluding hydrogens is 194 g/mol. The van der Waals surface area contributed by atoms with Crippen molar-refractivity contribution in [2.75, 3.05) is 6.61 Å². The molecule has 1 fully saturated rings. The van der Waals surface area contributed by atoms with Crippen molar-refractivity contribution in [3.63, 3.8) is 0 Å². The van der Waals surface area contributed by atoms with Crippen LogP contribution in [0.5, 0.6) is 0 Å². The maximum absolute atomic E-state index is 12.6. The van der Waals surface area contributed by atoms with Crippen molar-refractivity contribution < 1.29 is 23.0 Å². The normalized spacial score (nSPS) is 26.1. The van der Waals surface area contributed by atoms with Gasteiger partial charge in [-0.2, -0.15) is 8.78 Å². The summed E-state index contributed by atoms with van der Waals surface area (Å²) in [5.41, 5.74) is 0. The number of carbonyl (C=O) groups is 1. The van der Waals surface area contributed by atoms with E-state index in [0.717, 1.165) is 6.08 Å². The third-order valence-electron chi connectivity index (χ3n) is 2.05. The van der Waals surface area contributed by atoms with Gasteiger partial charge in [0.15, 0.2) is 0 Å². The zero-order valence-electron chi connectivity index (χ0n) is 7.83. The Bertz CT molecular complexity index is 240. The fraction of sp³-hybridized carbons (Fsp3) is 0.667. The Morgan fingerprint density at radius 3 is 2.86 bits per heavy atom. The molecule has 0 aromatic heterocycles. The molecule has 1 heterocycles. The van der Waals surface area contributed by atoms with Crippen LogP contribution in [0.1, 0.15) is 13.3 Å². The molecule has 0 amide bonds. The molecule has 2 unspecified atom stereocenters. The number of halogens is 2. The Balaban J connectivity index is 2.30. The van der Waals surface area contributed by atoms with E-state index in [1.54, 1.807) is 6.92 Å². The van der Waals surface area contributed by atoms with Gasteiger partial charge in [-0.25, -0.2) is 4.79 Å². The highest BCUT2D eigenvalue weighted by molar-refractivity contribution is 5.81. The highest BCUT2D eigenvalue weighted by Gasteiger charge is 2.50. The van der Waals surface area contributed by atoms with Gasteiger partial charge in [0.2, 0.25) is 0 Å². The number of ether oxygens (including phenoxy) is 2. The molecular formula is C9H12F2O3. The van der Waals surface area contributed by atoms with Crippen LogP contribution >= 0.6 is 0 Å². The highest BCUT2D eigenvalue weighted by Crippen LogP contribution is 2.39. The number of hydrogen-bond donors (Lipinski definition) is 0. The fourth-order valence-corrected chi connectivity index (χ4v) is 1.23. The summed E-state index contributed by atoms with van der Waals surface area (Å²) < 4.78 is 34.0. The molecule has 0 saturated carbocycles. The van der Waals surface area contributed by atoms with E-state index in [1.807, 2.05) is 0 Å². The van der Waals surface area contributed by atoms with Crippen LogP contribution in [0.4, 0.5) is 8.78 Å². The lowest BCUT2D eigenvalue weighted by atomic mass is 9.98. The van der Waals surface area contributed by atoms with E-state index in [4.69, 9.17) is 4.74 Å². The van der Waals surface area contributed by atoms with E-state index in [1.165, 1.54) is 0 Å². The largest absolute Gasteiger partial charge is 0.460 e.